The van der Waals surface area contributed by atoms with Gasteiger partial charge in [-0.3, -0.25) is 4.90 Å². The lowest BCUT2D eigenvalue weighted by Gasteiger charge is -2.31. The molecule has 2 aromatic rings. The lowest BCUT2D eigenvalue weighted by Crippen LogP contribution is -2.37. The third kappa shape index (κ3) is 4.34. The summed E-state index contributed by atoms with van der Waals surface area (Å²) in [7, 11) is 5.38. The van der Waals surface area contributed by atoms with E-state index in [2.05, 4.69) is 24.1 Å². The van der Waals surface area contributed by atoms with Crippen LogP contribution in [-0.2, 0) is 0 Å². The van der Waals surface area contributed by atoms with Crippen LogP contribution in [0.1, 0.15) is 11.1 Å². The maximum atomic E-state index is 10.9. The largest absolute Gasteiger partial charge is 0.497 e. The van der Waals surface area contributed by atoms with Crippen LogP contribution < -0.4 is 9.47 Å². The molecule has 1 heterocycles. The number of rotatable bonds is 4. The summed E-state index contributed by atoms with van der Waals surface area (Å²) in [5.74, 6) is 1.65. The topological polar surface area (TPSA) is 41.9 Å². The molecule has 1 fully saturated rings. The average Bonchev–Trinajstić information content (AvgIpc) is 2.66. The van der Waals surface area contributed by atoms with E-state index in [0.717, 1.165) is 46.9 Å². The van der Waals surface area contributed by atoms with Gasteiger partial charge in [0.05, 0.1) is 20.3 Å². The van der Waals surface area contributed by atoms with Crippen molar-refractivity contribution in [2.75, 3.05) is 34.4 Å². The first kappa shape index (κ1) is 18.2. The third-order valence-corrected chi connectivity index (χ3v) is 4.54. The molecule has 1 aliphatic rings. The summed E-state index contributed by atoms with van der Waals surface area (Å²) in [6, 6.07) is 15.7. The number of aliphatic hydroxyl groups is 1. The Bertz CT molecular complexity index is 724. The van der Waals surface area contributed by atoms with Crippen LogP contribution in [0.4, 0.5) is 0 Å². The van der Waals surface area contributed by atoms with Gasteiger partial charge in [0, 0.05) is 13.1 Å². The van der Waals surface area contributed by atoms with E-state index in [4.69, 9.17) is 9.47 Å². The molecule has 0 bridgehead atoms. The van der Waals surface area contributed by atoms with Crippen molar-refractivity contribution in [2.45, 2.75) is 6.10 Å². The molecule has 0 atom stereocenters. The van der Waals surface area contributed by atoms with Gasteiger partial charge < -0.3 is 14.6 Å². The summed E-state index contributed by atoms with van der Waals surface area (Å²) in [5, 5.41) is 10.9. The van der Waals surface area contributed by atoms with Crippen molar-refractivity contribution in [3.8, 4) is 11.5 Å². The zero-order valence-electron chi connectivity index (χ0n) is 15.5. The van der Waals surface area contributed by atoms with Gasteiger partial charge in [-0.1, -0.05) is 36.4 Å². The van der Waals surface area contributed by atoms with Crippen LogP contribution in [0.2, 0.25) is 0 Å². The highest BCUT2D eigenvalue weighted by atomic mass is 16.5. The number of likely N-dealkylation sites (tertiary alicyclic amines) is 1. The van der Waals surface area contributed by atoms with Gasteiger partial charge in [0.2, 0.25) is 0 Å². The van der Waals surface area contributed by atoms with E-state index >= 15 is 0 Å². The van der Waals surface area contributed by atoms with Crippen molar-refractivity contribution in [2.24, 2.45) is 0 Å². The molecule has 4 heteroatoms. The molecule has 136 valence electrons. The molecular formula is C22H25NO3. The molecular weight excluding hydrogens is 326 g/mol. The highest BCUT2D eigenvalue weighted by Gasteiger charge is 2.24. The molecule has 1 saturated heterocycles. The second-order valence-electron chi connectivity index (χ2n) is 6.56. The molecule has 0 aromatic heterocycles. The Hall–Kier alpha value is -2.56. The fraction of sp³-hybridized carbons (Fsp3) is 0.273. The molecule has 0 saturated carbocycles. The van der Waals surface area contributed by atoms with Gasteiger partial charge in [0.25, 0.3) is 0 Å². The second kappa shape index (κ2) is 8.21. The second-order valence-corrected chi connectivity index (χ2v) is 6.56. The minimum atomic E-state index is -0.574. The highest BCUT2D eigenvalue weighted by molar-refractivity contribution is 5.62. The van der Waals surface area contributed by atoms with Crippen molar-refractivity contribution in [3.05, 3.63) is 70.8 Å². The number of benzene rings is 2. The molecule has 1 N–H and O–H groups in total. The van der Waals surface area contributed by atoms with E-state index in [9.17, 15) is 5.11 Å². The van der Waals surface area contributed by atoms with E-state index in [0.29, 0.717) is 0 Å². The Morgan fingerprint density at radius 1 is 0.808 bits per heavy atom. The summed E-state index contributed by atoms with van der Waals surface area (Å²) in [5.41, 5.74) is 4.09. The summed E-state index contributed by atoms with van der Waals surface area (Å²) < 4.78 is 10.4. The van der Waals surface area contributed by atoms with Gasteiger partial charge in [-0.25, -0.2) is 0 Å². The van der Waals surface area contributed by atoms with Gasteiger partial charge in [-0.05, 0) is 53.6 Å². The van der Waals surface area contributed by atoms with Crippen LogP contribution >= 0.6 is 0 Å². The predicted octanol–water partition coefficient (Wildman–Crippen LogP) is 3.48. The van der Waals surface area contributed by atoms with Crippen molar-refractivity contribution >= 4 is 12.2 Å². The van der Waals surface area contributed by atoms with Crippen molar-refractivity contribution in [3.63, 3.8) is 0 Å². The Kier molecular flexibility index (Phi) is 5.76. The quantitative estimate of drug-likeness (QED) is 0.916. The molecule has 3 rings (SSSR count). The van der Waals surface area contributed by atoms with Crippen molar-refractivity contribution < 1.29 is 14.6 Å². The number of hydrogen-bond acceptors (Lipinski definition) is 4. The molecule has 0 amide bonds. The number of methoxy groups -OCH3 is 2. The Labute approximate surface area is 155 Å². The Balaban J connectivity index is 1.85. The minimum absolute atomic E-state index is 0.574. The molecule has 1 aliphatic heterocycles. The van der Waals surface area contributed by atoms with Crippen molar-refractivity contribution in [1.82, 2.24) is 4.90 Å². The molecule has 26 heavy (non-hydrogen) atoms. The number of likely N-dealkylation sites (N-methyl/N-ethyl adjacent to an activating group) is 1. The predicted molar refractivity (Wildman–Crippen MR) is 105 cm³/mol. The Morgan fingerprint density at radius 2 is 1.19 bits per heavy atom. The van der Waals surface area contributed by atoms with E-state index in [-0.39, 0.29) is 0 Å². The first-order valence-corrected chi connectivity index (χ1v) is 8.64. The van der Waals surface area contributed by atoms with E-state index in [1.807, 2.05) is 48.5 Å². The summed E-state index contributed by atoms with van der Waals surface area (Å²) in [6.45, 7) is 1.49. The summed E-state index contributed by atoms with van der Waals surface area (Å²) >= 11 is 0. The number of nitrogens with zero attached hydrogens (tertiary/aromatic N) is 1. The van der Waals surface area contributed by atoms with Crippen LogP contribution in [0.5, 0.6) is 11.5 Å². The first-order valence-electron chi connectivity index (χ1n) is 8.64. The lowest BCUT2D eigenvalue weighted by atomic mass is 9.93. The lowest BCUT2D eigenvalue weighted by molar-refractivity contribution is 0.198. The standard InChI is InChI=1S/C22H25NO3/c1-23-14-18(12-16-4-8-20(25-2)9-5-16)22(24)19(15-23)13-17-6-10-21(26-3)11-7-17/h4-13,22,24H,14-15H2,1-3H3/b18-12+,19-13+. The van der Waals surface area contributed by atoms with Gasteiger partial charge in [-0.15, -0.1) is 0 Å². The van der Waals surface area contributed by atoms with Crippen LogP contribution in [-0.4, -0.2) is 50.5 Å². The van der Waals surface area contributed by atoms with Gasteiger partial charge >= 0.3 is 0 Å². The van der Waals surface area contributed by atoms with E-state index in [1.54, 1.807) is 14.2 Å². The van der Waals surface area contributed by atoms with Crippen LogP contribution in [0, 0.1) is 0 Å². The van der Waals surface area contributed by atoms with E-state index in [1.165, 1.54) is 0 Å². The summed E-state index contributed by atoms with van der Waals surface area (Å²) in [6.07, 6.45) is 3.54. The molecule has 4 nitrogen and oxygen atoms in total. The SMILES string of the molecule is COc1ccc(/C=C2\CN(C)C/C(=C\c3ccc(OC)cc3)C2O)cc1. The highest BCUT2D eigenvalue weighted by Crippen LogP contribution is 2.26. The molecule has 0 unspecified atom stereocenters. The molecule has 0 radical (unpaired) electrons. The third-order valence-electron chi connectivity index (χ3n) is 4.54. The minimum Gasteiger partial charge on any atom is -0.497 e. The number of aliphatic hydroxyl groups excluding tert-OH is 1. The van der Waals surface area contributed by atoms with E-state index < -0.39 is 6.10 Å². The fourth-order valence-electron chi connectivity index (χ4n) is 3.17. The zero-order valence-corrected chi connectivity index (χ0v) is 15.5. The average molecular weight is 351 g/mol. The maximum Gasteiger partial charge on any atom is 0.118 e. The number of ether oxygens (including phenoxy) is 2. The molecule has 0 spiro atoms. The number of piperidine rings is 1. The smallest absolute Gasteiger partial charge is 0.118 e. The Morgan fingerprint density at radius 3 is 1.54 bits per heavy atom. The maximum absolute atomic E-state index is 10.9. The zero-order chi connectivity index (χ0) is 18.5. The van der Waals surface area contributed by atoms with Crippen LogP contribution in [0.25, 0.3) is 12.2 Å². The van der Waals surface area contributed by atoms with Crippen molar-refractivity contribution in [1.29, 1.82) is 0 Å². The normalized spacial score (nSPS) is 19.1. The summed E-state index contributed by atoms with van der Waals surface area (Å²) in [4.78, 5) is 2.21. The molecule has 2 aromatic carbocycles. The van der Waals surface area contributed by atoms with Crippen LogP contribution in [0.3, 0.4) is 0 Å². The first-order chi connectivity index (χ1) is 12.6. The monoisotopic (exact) mass is 351 g/mol. The van der Waals surface area contributed by atoms with Gasteiger partial charge in [0.1, 0.15) is 11.5 Å². The van der Waals surface area contributed by atoms with Gasteiger partial charge in [-0.2, -0.15) is 0 Å². The van der Waals surface area contributed by atoms with Gasteiger partial charge in [0.15, 0.2) is 0 Å². The molecule has 0 aliphatic carbocycles. The van der Waals surface area contributed by atoms with Crippen LogP contribution in [0.15, 0.2) is 59.7 Å². The number of hydrogen-bond donors (Lipinski definition) is 1. The fourth-order valence-corrected chi connectivity index (χ4v) is 3.17.